The Morgan fingerprint density at radius 2 is 1.56 bits per heavy atom. The van der Waals surface area contributed by atoms with E-state index in [0.717, 1.165) is 44.4 Å². The minimum absolute atomic E-state index is 0. The Bertz CT molecular complexity index is 1410. The lowest BCUT2D eigenvalue weighted by molar-refractivity contribution is 0.594. The van der Waals surface area contributed by atoms with E-state index in [0.29, 0.717) is 5.56 Å². The molecule has 8 nitrogen and oxygen atoms in total. The second kappa shape index (κ2) is 11.5. The molecule has 1 aliphatic rings. The summed E-state index contributed by atoms with van der Waals surface area (Å²) in [6.45, 7) is 4.71. The molecular formula is C24H28ClFN4O4S2. The molecule has 4 rings (SSSR count). The fraction of sp³-hybridized carbons (Fsp3) is 0.250. The van der Waals surface area contributed by atoms with Crippen molar-refractivity contribution in [3.05, 3.63) is 78.1 Å². The van der Waals surface area contributed by atoms with E-state index >= 15 is 0 Å². The quantitative estimate of drug-likeness (QED) is 0.408. The van der Waals surface area contributed by atoms with Crippen LogP contribution in [0.4, 0.5) is 21.5 Å². The Morgan fingerprint density at radius 1 is 0.833 bits per heavy atom. The number of hydrogen-bond acceptors (Lipinski definition) is 6. The van der Waals surface area contributed by atoms with Crippen molar-refractivity contribution in [2.45, 2.75) is 23.1 Å². The molecular weight excluding hydrogens is 527 g/mol. The van der Waals surface area contributed by atoms with Gasteiger partial charge in [-0.3, -0.25) is 9.44 Å². The predicted molar refractivity (Wildman–Crippen MR) is 143 cm³/mol. The van der Waals surface area contributed by atoms with E-state index in [4.69, 9.17) is 0 Å². The van der Waals surface area contributed by atoms with Gasteiger partial charge in [0.15, 0.2) is 0 Å². The summed E-state index contributed by atoms with van der Waals surface area (Å²) in [4.78, 5) is 1.92. The maximum absolute atomic E-state index is 13.8. The standard InChI is InChI=1S/C24H27FN4O4S2.ClH/c1-18-8-9-19(25)16-24(18)35(32,33)27-22-11-10-20(29-14-5-12-26-13-15-29)17-23(22)28-34(30,31)21-6-3-2-4-7-21;/h2-4,6-11,16-17,26-28H,5,12-15H2,1H3;1H. The third-order valence-electron chi connectivity index (χ3n) is 5.69. The third-order valence-corrected chi connectivity index (χ3v) is 8.58. The molecule has 1 saturated heterocycles. The lowest BCUT2D eigenvalue weighted by Crippen LogP contribution is -2.28. The number of hydrogen-bond donors (Lipinski definition) is 3. The first-order valence-electron chi connectivity index (χ1n) is 11.1. The zero-order valence-electron chi connectivity index (χ0n) is 19.6. The molecule has 194 valence electrons. The molecule has 0 bridgehead atoms. The van der Waals surface area contributed by atoms with E-state index in [9.17, 15) is 21.2 Å². The topological polar surface area (TPSA) is 108 Å². The second-order valence-corrected chi connectivity index (χ2v) is 11.6. The van der Waals surface area contributed by atoms with Crippen molar-refractivity contribution in [3.8, 4) is 0 Å². The first-order chi connectivity index (χ1) is 16.7. The average molecular weight is 555 g/mol. The summed E-state index contributed by atoms with van der Waals surface area (Å²) in [5.74, 6) is -0.689. The summed E-state index contributed by atoms with van der Waals surface area (Å²) < 4.78 is 71.1. The Hall–Kier alpha value is -2.86. The number of halogens is 2. The highest BCUT2D eigenvalue weighted by atomic mass is 35.5. The van der Waals surface area contributed by atoms with Crippen LogP contribution in [-0.4, -0.2) is 43.0 Å². The van der Waals surface area contributed by atoms with Crippen LogP contribution in [0.1, 0.15) is 12.0 Å². The number of anilines is 3. The summed E-state index contributed by atoms with van der Waals surface area (Å²) >= 11 is 0. The number of nitrogens with zero attached hydrogens (tertiary/aromatic N) is 1. The zero-order chi connectivity index (χ0) is 25.1. The van der Waals surface area contributed by atoms with Crippen LogP contribution in [0.5, 0.6) is 0 Å². The second-order valence-electron chi connectivity index (χ2n) is 8.25. The molecule has 1 aliphatic heterocycles. The Morgan fingerprint density at radius 3 is 2.31 bits per heavy atom. The first-order valence-corrected chi connectivity index (χ1v) is 14.1. The molecule has 3 aromatic carbocycles. The normalized spacial score (nSPS) is 14.4. The zero-order valence-corrected chi connectivity index (χ0v) is 22.0. The molecule has 3 aromatic rings. The van der Waals surface area contributed by atoms with Crippen LogP contribution in [0.15, 0.2) is 76.5 Å². The van der Waals surface area contributed by atoms with Gasteiger partial charge in [0, 0.05) is 25.3 Å². The smallest absolute Gasteiger partial charge is 0.262 e. The van der Waals surface area contributed by atoms with Gasteiger partial charge in [-0.2, -0.15) is 0 Å². The van der Waals surface area contributed by atoms with Gasteiger partial charge in [0.05, 0.1) is 21.2 Å². The monoisotopic (exact) mass is 554 g/mol. The summed E-state index contributed by atoms with van der Waals surface area (Å²) in [5, 5.41) is 3.32. The molecule has 0 saturated carbocycles. The highest BCUT2D eigenvalue weighted by Crippen LogP contribution is 2.32. The van der Waals surface area contributed by atoms with Gasteiger partial charge < -0.3 is 10.2 Å². The minimum Gasteiger partial charge on any atom is -0.370 e. The number of benzene rings is 3. The van der Waals surface area contributed by atoms with Crippen LogP contribution < -0.4 is 19.7 Å². The minimum atomic E-state index is -4.20. The van der Waals surface area contributed by atoms with Gasteiger partial charge in [-0.1, -0.05) is 24.3 Å². The molecule has 1 heterocycles. The predicted octanol–water partition coefficient (Wildman–Crippen LogP) is 3.96. The SMILES string of the molecule is Cc1ccc(F)cc1S(=O)(=O)Nc1ccc(N2CCCNCC2)cc1NS(=O)(=O)c1ccccc1.Cl. The fourth-order valence-electron chi connectivity index (χ4n) is 3.87. The number of sulfonamides is 2. The van der Waals surface area contributed by atoms with Crippen molar-refractivity contribution in [1.29, 1.82) is 0 Å². The largest absolute Gasteiger partial charge is 0.370 e. The highest BCUT2D eigenvalue weighted by molar-refractivity contribution is 7.93. The molecule has 0 atom stereocenters. The van der Waals surface area contributed by atoms with Gasteiger partial charge in [0.25, 0.3) is 20.0 Å². The van der Waals surface area contributed by atoms with E-state index in [1.165, 1.54) is 30.3 Å². The van der Waals surface area contributed by atoms with E-state index < -0.39 is 25.9 Å². The summed E-state index contributed by atoms with van der Waals surface area (Å²) in [6, 6.07) is 16.2. The molecule has 0 radical (unpaired) electrons. The first kappa shape index (κ1) is 27.7. The Labute approximate surface area is 217 Å². The van der Waals surface area contributed by atoms with Gasteiger partial charge in [0.2, 0.25) is 0 Å². The van der Waals surface area contributed by atoms with Crippen LogP contribution in [-0.2, 0) is 20.0 Å². The van der Waals surface area contributed by atoms with Crippen molar-refractivity contribution in [3.63, 3.8) is 0 Å². The molecule has 0 aliphatic carbocycles. The van der Waals surface area contributed by atoms with Crippen molar-refractivity contribution in [1.82, 2.24) is 5.32 Å². The molecule has 12 heteroatoms. The number of aryl methyl sites for hydroxylation is 1. The molecule has 0 amide bonds. The summed E-state index contributed by atoms with van der Waals surface area (Å²) in [6.07, 6.45) is 0.915. The van der Waals surface area contributed by atoms with Crippen molar-refractivity contribution in [2.75, 3.05) is 40.5 Å². The molecule has 0 spiro atoms. The summed E-state index contributed by atoms with van der Waals surface area (Å²) in [7, 11) is -8.20. The highest BCUT2D eigenvalue weighted by Gasteiger charge is 2.23. The lowest BCUT2D eigenvalue weighted by Gasteiger charge is -2.24. The van der Waals surface area contributed by atoms with Crippen LogP contribution in [0.2, 0.25) is 0 Å². The Kier molecular flexibility index (Phi) is 8.83. The van der Waals surface area contributed by atoms with Crippen molar-refractivity contribution in [2.24, 2.45) is 0 Å². The maximum atomic E-state index is 13.8. The van der Waals surface area contributed by atoms with E-state index in [2.05, 4.69) is 19.7 Å². The lowest BCUT2D eigenvalue weighted by atomic mass is 10.2. The van der Waals surface area contributed by atoms with Gasteiger partial charge in [0.1, 0.15) is 5.82 Å². The molecule has 36 heavy (non-hydrogen) atoms. The van der Waals surface area contributed by atoms with Crippen molar-refractivity contribution >= 4 is 49.5 Å². The van der Waals surface area contributed by atoms with Crippen LogP contribution in [0.25, 0.3) is 0 Å². The van der Waals surface area contributed by atoms with Crippen molar-refractivity contribution < 1.29 is 21.2 Å². The third kappa shape index (κ3) is 6.47. The number of nitrogens with one attached hydrogen (secondary N) is 3. The van der Waals surface area contributed by atoms with Gasteiger partial charge in [-0.25, -0.2) is 21.2 Å². The molecule has 0 unspecified atom stereocenters. The average Bonchev–Trinajstić information content (AvgIpc) is 3.12. The van der Waals surface area contributed by atoms with E-state index in [1.807, 2.05) is 0 Å². The molecule has 3 N–H and O–H groups in total. The Balaban J connectivity index is 0.00000361. The maximum Gasteiger partial charge on any atom is 0.262 e. The molecule has 1 fully saturated rings. The van der Waals surface area contributed by atoms with E-state index in [1.54, 1.807) is 37.3 Å². The van der Waals surface area contributed by atoms with Crippen LogP contribution in [0, 0.1) is 12.7 Å². The van der Waals surface area contributed by atoms with Gasteiger partial charge in [-0.15, -0.1) is 12.4 Å². The van der Waals surface area contributed by atoms with Crippen LogP contribution in [0.3, 0.4) is 0 Å². The van der Waals surface area contributed by atoms with E-state index in [-0.39, 0.29) is 33.6 Å². The van der Waals surface area contributed by atoms with Crippen LogP contribution >= 0.6 is 12.4 Å². The number of rotatable bonds is 7. The van der Waals surface area contributed by atoms with Gasteiger partial charge in [-0.05, 0) is 67.9 Å². The summed E-state index contributed by atoms with van der Waals surface area (Å²) in [5.41, 5.74) is 1.22. The fourth-order valence-corrected chi connectivity index (χ4v) is 6.30. The van der Waals surface area contributed by atoms with Gasteiger partial charge >= 0.3 is 0 Å². The molecule has 0 aromatic heterocycles.